The summed E-state index contributed by atoms with van der Waals surface area (Å²) in [5.41, 5.74) is 5.79. The van der Waals surface area contributed by atoms with Crippen LogP contribution in [-0.2, 0) is 25.6 Å². The molecule has 194 valence electrons. The van der Waals surface area contributed by atoms with Crippen LogP contribution in [-0.4, -0.2) is 76.2 Å². The summed E-state index contributed by atoms with van der Waals surface area (Å²) in [6, 6.07) is 2.41. The van der Waals surface area contributed by atoms with E-state index in [9.17, 15) is 29.4 Å². The van der Waals surface area contributed by atoms with Crippen LogP contribution in [0.25, 0.3) is 0 Å². The molecule has 0 heterocycles. The van der Waals surface area contributed by atoms with Crippen molar-refractivity contribution in [2.24, 2.45) is 11.7 Å². The summed E-state index contributed by atoms with van der Waals surface area (Å²) in [4.78, 5) is 49.2. The monoisotopic (exact) mass is 494 g/mol. The minimum atomic E-state index is -1.28. The third-order valence-electron chi connectivity index (χ3n) is 5.02. The lowest BCUT2D eigenvalue weighted by Crippen LogP contribution is -2.57. The highest BCUT2D eigenvalue weighted by Gasteiger charge is 2.31. The first-order valence-electron chi connectivity index (χ1n) is 11.0. The molecule has 0 bridgehead atoms. The van der Waals surface area contributed by atoms with E-state index in [4.69, 9.17) is 16.2 Å². The number of aromatic hydroxyl groups is 1. The maximum Gasteiger partial charge on any atom is 0.326 e. The smallest absolute Gasteiger partial charge is 0.326 e. The standard InChI is InChI=1S/C22H34N6O7/c1-12(2)18(20(33)27-16(21(34)35)10-13-5-7-14(30)8-6-13)28-19(32)15(26-17(31)11-29)4-3-9-25-22(23)24/h5-8,12,15-16,18,29-30H,3-4,9-11H2,1-2H3,(H,26,31)(H,27,33)(H,28,32)(H,34,35)(H4,23,24,25)/t15-,16-,18-/m0/s1. The summed E-state index contributed by atoms with van der Waals surface area (Å²) in [6.07, 6.45) is 0.428. The lowest BCUT2D eigenvalue weighted by molar-refractivity contribution is -0.142. The third kappa shape index (κ3) is 10.7. The first-order chi connectivity index (χ1) is 16.4. The third-order valence-corrected chi connectivity index (χ3v) is 5.02. The van der Waals surface area contributed by atoms with Gasteiger partial charge in [-0.05, 0) is 36.5 Å². The maximum absolute atomic E-state index is 12.9. The molecule has 0 radical (unpaired) electrons. The molecule has 13 nitrogen and oxygen atoms in total. The molecular weight excluding hydrogens is 460 g/mol. The topological polar surface area (TPSA) is 227 Å². The van der Waals surface area contributed by atoms with Crippen molar-refractivity contribution >= 4 is 29.7 Å². The van der Waals surface area contributed by atoms with Gasteiger partial charge in [0.05, 0.1) is 0 Å². The van der Waals surface area contributed by atoms with E-state index in [1.165, 1.54) is 24.3 Å². The fourth-order valence-electron chi connectivity index (χ4n) is 3.16. The average Bonchev–Trinajstić information content (AvgIpc) is 2.79. The van der Waals surface area contributed by atoms with E-state index in [1.807, 2.05) is 0 Å². The van der Waals surface area contributed by atoms with Crippen LogP contribution in [0.2, 0.25) is 0 Å². The summed E-state index contributed by atoms with van der Waals surface area (Å²) >= 11 is 0. The SMILES string of the molecule is CC(C)[C@H](NC(=O)[C@H](CCCNC(=N)N)NC(=O)CO)C(=O)N[C@@H](Cc1ccc(O)cc1)C(=O)O. The number of rotatable bonds is 14. The minimum absolute atomic E-state index is 0.0205. The summed E-state index contributed by atoms with van der Waals surface area (Å²) in [7, 11) is 0. The number of carbonyl (C=O) groups is 4. The van der Waals surface area contributed by atoms with Gasteiger partial charge in [-0.15, -0.1) is 0 Å². The van der Waals surface area contributed by atoms with Gasteiger partial charge in [0.15, 0.2) is 5.96 Å². The number of amides is 3. The molecule has 0 aliphatic heterocycles. The lowest BCUT2D eigenvalue weighted by Gasteiger charge is -2.26. The van der Waals surface area contributed by atoms with Gasteiger partial charge >= 0.3 is 5.97 Å². The van der Waals surface area contributed by atoms with Gasteiger partial charge in [-0.2, -0.15) is 0 Å². The Hall–Kier alpha value is -3.87. The summed E-state index contributed by atoms with van der Waals surface area (Å²) < 4.78 is 0. The maximum atomic E-state index is 12.9. The quantitative estimate of drug-likeness (QED) is 0.0821. The number of phenols is 1. The number of aliphatic hydroxyl groups is 1. The number of carboxylic acids is 1. The molecule has 0 fully saturated rings. The van der Waals surface area contributed by atoms with E-state index in [2.05, 4.69) is 21.3 Å². The van der Waals surface area contributed by atoms with Crippen LogP contribution in [0.15, 0.2) is 24.3 Å². The molecule has 1 aromatic carbocycles. The Labute approximate surface area is 203 Å². The number of carbonyl (C=O) groups excluding carboxylic acids is 3. The van der Waals surface area contributed by atoms with Crippen molar-refractivity contribution in [1.29, 1.82) is 5.41 Å². The van der Waals surface area contributed by atoms with Gasteiger partial charge < -0.3 is 42.3 Å². The summed E-state index contributed by atoms with van der Waals surface area (Å²) in [6.45, 7) is 2.76. The molecule has 0 aromatic heterocycles. The summed E-state index contributed by atoms with van der Waals surface area (Å²) in [5.74, 6) is -4.11. The van der Waals surface area contributed by atoms with Gasteiger partial charge in [-0.1, -0.05) is 26.0 Å². The van der Waals surface area contributed by atoms with Crippen molar-refractivity contribution in [3.8, 4) is 5.75 Å². The first kappa shape index (κ1) is 29.2. The molecule has 0 spiro atoms. The number of aliphatic carboxylic acids is 1. The number of aliphatic hydroxyl groups excluding tert-OH is 1. The molecule has 10 N–H and O–H groups in total. The normalized spacial score (nSPS) is 13.3. The van der Waals surface area contributed by atoms with Crippen molar-refractivity contribution in [2.45, 2.75) is 51.2 Å². The van der Waals surface area contributed by atoms with Crippen molar-refractivity contribution in [3.05, 3.63) is 29.8 Å². The second kappa shape index (κ2) is 14.4. The van der Waals surface area contributed by atoms with E-state index in [-0.39, 0.29) is 31.1 Å². The molecule has 3 atom stereocenters. The van der Waals surface area contributed by atoms with Crippen molar-refractivity contribution < 1.29 is 34.5 Å². The molecule has 0 aliphatic carbocycles. The summed E-state index contributed by atoms with van der Waals surface area (Å²) in [5, 5.41) is 45.0. The fourth-order valence-corrected chi connectivity index (χ4v) is 3.16. The Bertz CT molecular complexity index is 891. The molecule has 0 aliphatic rings. The van der Waals surface area contributed by atoms with E-state index in [0.717, 1.165) is 0 Å². The molecule has 0 saturated heterocycles. The number of hydrogen-bond acceptors (Lipinski definition) is 7. The minimum Gasteiger partial charge on any atom is -0.508 e. The zero-order valence-corrected chi connectivity index (χ0v) is 19.7. The number of phenolic OH excluding ortho intramolecular Hbond substituents is 1. The van der Waals surface area contributed by atoms with E-state index in [1.54, 1.807) is 13.8 Å². The Morgan fingerprint density at radius 2 is 1.63 bits per heavy atom. The fraction of sp³-hybridized carbons (Fsp3) is 0.500. The number of nitrogens with one attached hydrogen (secondary N) is 5. The van der Waals surface area contributed by atoms with Crippen molar-refractivity contribution in [2.75, 3.05) is 13.2 Å². The first-order valence-corrected chi connectivity index (χ1v) is 11.0. The molecular formula is C22H34N6O7. The largest absolute Gasteiger partial charge is 0.508 e. The van der Waals surface area contributed by atoms with Gasteiger partial charge in [0.25, 0.3) is 0 Å². The van der Waals surface area contributed by atoms with E-state index < -0.39 is 54.3 Å². The van der Waals surface area contributed by atoms with Crippen LogP contribution in [0.4, 0.5) is 0 Å². The predicted molar refractivity (Wildman–Crippen MR) is 126 cm³/mol. The molecule has 13 heteroatoms. The van der Waals surface area contributed by atoms with Crippen LogP contribution in [0.5, 0.6) is 5.75 Å². The van der Waals surface area contributed by atoms with Crippen molar-refractivity contribution in [3.63, 3.8) is 0 Å². The van der Waals surface area contributed by atoms with Crippen molar-refractivity contribution in [1.82, 2.24) is 21.3 Å². The van der Waals surface area contributed by atoms with Crippen LogP contribution < -0.4 is 27.0 Å². The highest BCUT2D eigenvalue weighted by Crippen LogP contribution is 2.12. The predicted octanol–water partition coefficient (Wildman–Crippen LogP) is -1.61. The molecule has 0 saturated carbocycles. The Balaban J connectivity index is 2.90. The molecule has 1 rings (SSSR count). The average molecular weight is 495 g/mol. The van der Waals surface area contributed by atoms with Crippen LogP contribution >= 0.6 is 0 Å². The Kier molecular flexibility index (Phi) is 12.0. The lowest BCUT2D eigenvalue weighted by atomic mass is 10.0. The Morgan fingerprint density at radius 3 is 2.14 bits per heavy atom. The molecule has 3 amide bonds. The number of hydrogen-bond donors (Lipinski definition) is 9. The highest BCUT2D eigenvalue weighted by atomic mass is 16.4. The molecule has 1 aromatic rings. The second-order valence-corrected chi connectivity index (χ2v) is 8.26. The van der Waals surface area contributed by atoms with Gasteiger partial charge in [-0.3, -0.25) is 19.8 Å². The van der Waals surface area contributed by atoms with E-state index >= 15 is 0 Å². The van der Waals surface area contributed by atoms with Crippen LogP contribution in [0, 0.1) is 11.3 Å². The van der Waals surface area contributed by atoms with Gasteiger partial charge in [0.1, 0.15) is 30.5 Å². The zero-order chi connectivity index (χ0) is 26.5. The molecule has 0 unspecified atom stereocenters. The second-order valence-electron chi connectivity index (χ2n) is 8.26. The van der Waals surface area contributed by atoms with Crippen LogP contribution in [0.1, 0.15) is 32.3 Å². The van der Waals surface area contributed by atoms with Gasteiger partial charge in [0, 0.05) is 13.0 Å². The number of nitrogens with two attached hydrogens (primary N) is 1. The number of carboxylic acid groups (broad SMARTS) is 1. The van der Waals surface area contributed by atoms with Gasteiger partial charge in [-0.25, -0.2) is 4.79 Å². The highest BCUT2D eigenvalue weighted by molar-refractivity contribution is 5.93. The van der Waals surface area contributed by atoms with Gasteiger partial charge in [0.2, 0.25) is 17.7 Å². The Morgan fingerprint density at radius 1 is 1.00 bits per heavy atom. The molecule has 35 heavy (non-hydrogen) atoms. The van der Waals surface area contributed by atoms with Crippen LogP contribution in [0.3, 0.4) is 0 Å². The zero-order valence-electron chi connectivity index (χ0n) is 19.7. The number of benzene rings is 1. The van der Waals surface area contributed by atoms with E-state index in [0.29, 0.717) is 12.0 Å². The number of guanidine groups is 1.